The molecule has 0 aromatic heterocycles. The van der Waals surface area contributed by atoms with E-state index in [4.69, 9.17) is 0 Å². The quantitative estimate of drug-likeness (QED) is 0.353. The number of anilines is 1. The Labute approximate surface area is 189 Å². The summed E-state index contributed by atoms with van der Waals surface area (Å²) in [7, 11) is 0. The number of benzene rings is 3. The number of hydrogen-bond donors (Lipinski definition) is 1. The Morgan fingerprint density at radius 3 is 1.82 bits per heavy atom. The van der Waals surface area contributed by atoms with Gasteiger partial charge in [0.15, 0.2) is 23.3 Å². The van der Waals surface area contributed by atoms with E-state index in [1.807, 2.05) is 0 Å². The lowest BCUT2D eigenvalue weighted by atomic mass is 9.47. The smallest absolute Gasteiger partial charge is 0.319 e. The second-order valence-electron chi connectivity index (χ2n) is 8.60. The fourth-order valence-electron chi connectivity index (χ4n) is 6.11. The summed E-state index contributed by atoms with van der Waals surface area (Å²) in [6.45, 7) is 0. The lowest BCUT2D eigenvalue weighted by molar-refractivity contribution is -0.149. The Bertz CT molecular complexity index is 1400. The van der Waals surface area contributed by atoms with Crippen LogP contribution in [0.5, 0.6) is 0 Å². The number of aliphatic carboxylic acids is 1. The minimum atomic E-state index is -2.03. The first kappa shape index (κ1) is 20.6. The van der Waals surface area contributed by atoms with Crippen LogP contribution in [0.1, 0.15) is 28.2 Å². The van der Waals surface area contributed by atoms with Crippen molar-refractivity contribution in [1.29, 1.82) is 0 Å². The molecular weight excluding hydrogens is 454 g/mol. The van der Waals surface area contributed by atoms with Crippen molar-refractivity contribution in [2.24, 2.45) is 11.8 Å². The molecule has 3 aromatic rings. The molecule has 1 saturated heterocycles. The number of rotatable bonds is 2. The van der Waals surface area contributed by atoms with Crippen LogP contribution in [0.25, 0.3) is 0 Å². The predicted molar refractivity (Wildman–Crippen MR) is 109 cm³/mol. The number of imide groups is 1. The van der Waals surface area contributed by atoms with Gasteiger partial charge in [-0.15, -0.1) is 0 Å². The van der Waals surface area contributed by atoms with E-state index in [9.17, 15) is 37.1 Å². The van der Waals surface area contributed by atoms with Gasteiger partial charge in [0.05, 0.1) is 11.8 Å². The van der Waals surface area contributed by atoms with Crippen molar-refractivity contribution in [2.75, 3.05) is 4.90 Å². The lowest BCUT2D eigenvalue weighted by Gasteiger charge is -2.51. The summed E-state index contributed by atoms with van der Waals surface area (Å²) in [5.74, 6) is -14.8. The molecule has 2 amide bonds. The highest BCUT2D eigenvalue weighted by atomic mass is 19.2. The molecule has 1 fully saturated rings. The Hall–Kier alpha value is -4.01. The number of hydrogen-bond acceptors (Lipinski definition) is 3. The number of carboxylic acid groups (broad SMARTS) is 1. The van der Waals surface area contributed by atoms with Gasteiger partial charge in [-0.1, -0.05) is 48.5 Å². The number of carbonyl (C=O) groups is 3. The van der Waals surface area contributed by atoms with Crippen LogP contribution < -0.4 is 4.90 Å². The maximum Gasteiger partial charge on any atom is 0.319 e. The van der Waals surface area contributed by atoms with Gasteiger partial charge in [0.25, 0.3) is 0 Å². The Morgan fingerprint density at radius 1 is 0.824 bits per heavy atom. The molecule has 2 bridgehead atoms. The van der Waals surface area contributed by atoms with Crippen LogP contribution in [-0.2, 0) is 19.8 Å². The summed E-state index contributed by atoms with van der Waals surface area (Å²) in [6.07, 6.45) is 0. The second-order valence-corrected chi connectivity index (χ2v) is 8.60. The van der Waals surface area contributed by atoms with Gasteiger partial charge in [0.2, 0.25) is 11.8 Å². The van der Waals surface area contributed by atoms with Crippen molar-refractivity contribution in [3.05, 3.63) is 100 Å². The minimum absolute atomic E-state index is 0.0274. The number of halogens is 4. The number of amides is 2. The molecule has 5 nitrogen and oxygen atoms in total. The molecule has 7 rings (SSSR count). The minimum Gasteiger partial charge on any atom is -0.480 e. The van der Waals surface area contributed by atoms with Gasteiger partial charge < -0.3 is 5.11 Å². The van der Waals surface area contributed by atoms with Crippen LogP contribution in [0.15, 0.2) is 54.6 Å². The largest absolute Gasteiger partial charge is 0.480 e. The van der Waals surface area contributed by atoms with Crippen molar-refractivity contribution in [2.45, 2.75) is 11.3 Å². The van der Waals surface area contributed by atoms with Crippen molar-refractivity contribution < 1.29 is 37.1 Å². The van der Waals surface area contributed by atoms with Gasteiger partial charge in [-0.2, -0.15) is 0 Å². The van der Waals surface area contributed by atoms with Crippen molar-refractivity contribution in [3.8, 4) is 0 Å². The molecule has 170 valence electrons. The van der Waals surface area contributed by atoms with Gasteiger partial charge >= 0.3 is 5.97 Å². The highest BCUT2D eigenvalue weighted by Gasteiger charge is 2.71. The zero-order valence-electron chi connectivity index (χ0n) is 17.1. The van der Waals surface area contributed by atoms with Crippen molar-refractivity contribution >= 4 is 23.5 Å². The van der Waals surface area contributed by atoms with E-state index in [-0.39, 0.29) is 11.0 Å². The Balaban J connectivity index is 1.69. The second kappa shape index (κ2) is 6.53. The fourth-order valence-corrected chi connectivity index (χ4v) is 6.11. The number of carboxylic acids is 1. The van der Waals surface area contributed by atoms with Gasteiger partial charge in [0, 0.05) is 12.0 Å². The molecule has 3 aromatic carbocycles. The summed E-state index contributed by atoms with van der Waals surface area (Å²) >= 11 is 0. The predicted octanol–water partition coefficient (Wildman–Crippen LogP) is 3.88. The molecule has 2 unspecified atom stereocenters. The molecule has 2 atom stereocenters. The summed E-state index contributed by atoms with van der Waals surface area (Å²) < 4.78 is 57.3. The average molecular weight is 467 g/mol. The molecule has 1 N–H and O–H groups in total. The SMILES string of the molecule is O=C1C2C3c4ccccc4C(C(=O)O)(c4ccccc43)C2C(=O)N1c1c(F)c(F)cc(F)c1F. The van der Waals surface area contributed by atoms with E-state index >= 15 is 0 Å². The van der Waals surface area contributed by atoms with E-state index in [2.05, 4.69) is 0 Å². The lowest BCUT2D eigenvalue weighted by Crippen LogP contribution is -2.57. The molecule has 34 heavy (non-hydrogen) atoms. The molecule has 1 heterocycles. The Morgan fingerprint density at radius 2 is 1.32 bits per heavy atom. The molecule has 4 aliphatic rings. The number of carbonyl (C=O) groups excluding carboxylic acids is 2. The third-order valence-electron chi connectivity index (χ3n) is 7.27. The standard InChI is InChI=1S/C25H13F4NO4/c26-14-9-15(27)20(29)21(19(14)28)30-22(31)17-16-10-5-1-3-7-12(10)25(24(33)34,18(17)23(30)32)13-8-4-2-6-11(13)16/h1-9,16-18H,(H,33,34). The zero-order valence-corrected chi connectivity index (χ0v) is 17.1. The van der Waals surface area contributed by atoms with E-state index in [0.29, 0.717) is 22.3 Å². The van der Waals surface area contributed by atoms with Crippen molar-refractivity contribution in [1.82, 2.24) is 0 Å². The zero-order chi connectivity index (χ0) is 24.1. The van der Waals surface area contributed by atoms with Crippen LogP contribution in [0.3, 0.4) is 0 Å². The summed E-state index contributed by atoms with van der Waals surface area (Å²) in [5.41, 5.74) is -1.93. The molecule has 1 aliphatic heterocycles. The fraction of sp³-hybridized carbons (Fsp3) is 0.160. The highest BCUT2D eigenvalue weighted by Crippen LogP contribution is 2.64. The third kappa shape index (κ3) is 2.12. The van der Waals surface area contributed by atoms with Crippen LogP contribution in [-0.4, -0.2) is 22.9 Å². The maximum atomic E-state index is 14.7. The van der Waals surface area contributed by atoms with E-state index in [1.54, 1.807) is 48.5 Å². The molecule has 0 radical (unpaired) electrons. The van der Waals surface area contributed by atoms with E-state index in [0.717, 1.165) is 0 Å². The van der Waals surface area contributed by atoms with Crippen LogP contribution in [0, 0.1) is 35.1 Å². The van der Waals surface area contributed by atoms with Crippen LogP contribution >= 0.6 is 0 Å². The van der Waals surface area contributed by atoms with E-state index < -0.39 is 69.9 Å². The maximum absolute atomic E-state index is 14.7. The summed E-state index contributed by atoms with van der Waals surface area (Å²) in [4.78, 5) is 40.3. The summed E-state index contributed by atoms with van der Waals surface area (Å²) in [5, 5.41) is 10.6. The molecule has 9 heteroatoms. The first-order chi connectivity index (χ1) is 16.2. The number of nitrogens with zero attached hydrogens (tertiary/aromatic N) is 1. The molecule has 0 spiro atoms. The monoisotopic (exact) mass is 467 g/mol. The highest BCUT2D eigenvalue weighted by molar-refractivity contribution is 6.25. The molecular formula is C25H13F4NO4. The van der Waals surface area contributed by atoms with Crippen molar-refractivity contribution in [3.63, 3.8) is 0 Å². The van der Waals surface area contributed by atoms with Crippen LogP contribution in [0.4, 0.5) is 23.2 Å². The van der Waals surface area contributed by atoms with Gasteiger partial charge in [-0.05, 0) is 22.3 Å². The van der Waals surface area contributed by atoms with Gasteiger partial charge in [-0.3, -0.25) is 14.4 Å². The van der Waals surface area contributed by atoms with E-state index in [1.165, 1.54) is 0 Å². The topological polar surface area (TPSA) is 74.7 Å². The summed E-state index contributed by atoms with van der Waals surface area (Å²) in [6, 6.07) is 12.9. The first-order valence-electron chi connectivity index (χ1n) is 10.4. The average Bonchev–Trinajstić information content (AvgIpc) is 3.09. The van der Waals surface area contributed by atoms with Gasteiger partial charge in [-0.25, -0.2) is 22.5 Å². The molecule has 3 aliphatic carbocycles. The third-order valence-corrected chi connectivity index (χ3v) is 7.27. The van der Waals surface area contributed by atoms with Crippen LogP contribution in [0.2, 0.25) is 0 Å². The molecule has 0 saturated carbocycles. The van der Waals surface area contributed by atoms with Gasteiger partial charge in [0.1, 0.15) is 11.1 Å². The Kier molecular flexibility index (Phi) is 3.95. The first-order valence-corrected chi connectivity index (χ1v) is 10.4. The normalized spacial score (nSPS) is 26.4.